The second-order valence-corrected chi connectivity index (χ2v) is 5.59. The van der Waals surface area contributed by atoms with Crippen LogP contribution in [0.25, 0.3) is 0 Å². The van der Waals surface area contributed by atoms with E-state index in [0.717, 1.165) is 22.9 Å². The number of ether oxygens (including phenoxy) is 1. The molecule has 5 heteroatoms. The third-order valence-corrected chi connectivity index (χ3v) is 3.67. The van der Waals surface area contributed by atoms with Crippen LogP contribution in [0.5, 0.6) is 5.75 Å². The van der Waals surface area contributed by atoms with Gasteiger partial charge in [0.1, 0.15) is 23.7 Å². The highest BCUT2D eigenvalue weighted by atomic mass is 16.5. The first-order chi connectivity index (χ1) is 11.6. The molecule has 0 spiro atoms. The molecule has 3 rings (SSSR count). The van der Waals surface area contributed by atoms with Crippen LogP contribution in [0.3, 0.4) is 0 Å². The van der Waals surface area contributed by atoms with Gasteiger partial charge in [-0.1, -0.05) is 18.2 Å². The Morgan fingerprint density at radius 2 is 1.67 bits per heavy atom. The van der Waals surface area contributed by atoms with E-state index < -0.39 is 0 Å². The van der Waals surface area contributed by atoms with Crippen molar-refractivity contribution in [3.05, 3.63) is 66.0 Å². The van der Waals surface area contributed by atoms with Crippen molar-refractivity contribution in [2.24, 2.45) is 0 Å². The lowest BCUT2D eigenvalue weighted by atomic mass is 10.1. The van der Waals surface area contributed by atoms with Gasteiger partial charge in [0.2, 0.25) is 0 Å². The smallest absolute Gasteiger partial charge is 0.135 e. The third-order valence-electron chi connectivity index (χ3n) is 3.67. The summed E-state index contributed by atoms with van der Waals surface area (Å²) in [7, 11) is 1.65. The Hall–Kier alpha value is -3.08. The molecule has 1 heterocycles. The van der Waals surface area contributed by atoms with Gasteiger partial charge >= 0.3 is 0 Å². The minimum Gasteiger partial charge on any atom is -0.497 e. The molecule has 0 aliphatic rings. The number of aryl methyl sites for hydroxylation is 2. The second kappa shape index (κ2) is 7.00. The molecule has 3 aromatic rings. The number of benzene rings is 2. The van der Waals surface area contributed by atoms with Crippen LogP contribution in [0.1, 0.15) is 11.1 Å². The summed E-state index contributed by atoms with van der Waals surface area (Å²) in [6.45, 7) is 4.14. The number of nitrogens with one attached hydrogen (secondary N) is 2. The van der Waals surface area contributed by atoms with Crippen LogP contribution in [-0.4, -0.2) is 17.1 Å². The first kappa shape index (κ1) is 15.8. The molecule has 1 aromatic heterocycles. The fourth-order valence-corrected chi connectivity index (χ4v) is 2.35. The molecule has 0 aliphatic heterocycles. The zero-order valence-corrected chi connectivity index (χ0v) is 14.0. The van der Waals surface area contributed by atoms with Gasteiger partial charge in [0.15, 0.2) is 0 Å². The highest BCUT2D eigenvalue weighted by Gasteiger charge is 2.04. The third kappa shape index (κ3) is 3.81. The zero-order valence-electron chi connectivity index (χ0n) is 14.0. The lowest BCUT2D eigenvalue weighted by Crippen LogP contribution is -2.00. The van der Waals surface area contributed by atoms with Crippen LogP contribution < -0.4 is 15.4 Å². The monoisotopic (exact) mass is 320 g/mol. The van der Waals surface area contributed by atoms with E-state index in [9.17, 15) is 0 Å². The molecule has 2 aromatic carbocycles. The van der Waals surface area contributed by atoms with E-state index >= 15 is 0 Å². The highest BCUT2D eigenvalue weighted by molar-refractivity contribution is 5.65. The first-order valence-corrected chi connectivity index (χ1v) is 7.71. The maximum atomic E-state index is 5.23. The Bertz CT molecular complexity index is 848. The van der Waals surface area contributed by atoms with E-state index in [-0.39, 0.29) is 0 Å². The summed E-state index contributed by atoms with van der Waals surface area (Å²) in [5, 5.41) is 6.61. The molecule has 0 unspecified atom stereocenters. The molecule has 0 bridgehead atoms. The predicted octanol–water partition coefficient (Wildman–Crippen LogP) is 4.59. The van der Waals surface area contributed by atoms with Crippen molar-refractivity contribution in [1.29, 1.82) is 0 Å². The fourth-order valence-electron chi connectivity index (χ4n) is 2.35. The topological polar surface area (TPSA) is 59.1 Å². The van der Waals surface area contributed by atoms with Gasteiger partial charge in [0.05, 0.1) is 7.11 Å². The average Bonchev–Trinajstić information content (AvgIpc) is 2.59. The molecule has 0 saturated carbocycles. The molecule has 5 nitrogen and oxygen atoms in total. The van der Waals surface area contributed by atoms with Gasteiger partial charge < -0.3 is 15.4 Å². The van der Waals surface area contributed by atoms with Gasteiger partial charge in [-0.15, -0.1) is 0 Å². The molecule has 0 saturated heterocycles. The molecule has 24 heavy (non-hydrogen) atoms. The maximum Gasteiger partial charge on any atom is 0.135 e. The fraction of sp³-hybridized carbons (Fsp3) is 0.158. The standard InChI is InChI=1S/C19H20N4O/c1-13-7-8-14(2)17(9-13)23-19-11-18(20-12-21-19)22-15-5-4-6-16(10-15)24-3/h4-12H,1-3H3,(H2,20,21,22,23). The molecular formula is C19H20N4O. The van der Waals surface area contributed by atoms with Gasteiger partial charge in [-0.3, -0.25) is 0 Å². The number of methoxy groups -OCH3 is 1. The normalized spacial score (nSPS) is 10.3. The Balaban J connectivity index is 1.80. The van der Waals surface area contributed by atoms with Crippen LogP contribution in [0.4, 0.5) is 23.0 Å². The van der Waals surface area contributed by atoms with Crippen molar-refractivity contribution in [3.63, 3.8) is 0 Å². The van der Waals surface area contributed by atoms with E-state index in [1.807, 2.05) is 30.3 Å². The summed E-state index contributed by atoms with van der Waals surface area (Å²) in [6.07, 6.45) is 1.54. The molecule has 0 aliphatic carbocycles. The quantitative estimate of drug-likeness (QED) is 0.720. The van der Waals surface area contributed by atoms with E-state index in [1.165, 1.54) is 17.5 Å². The SMILES string of the molecule is COc1cccc(Nc2cc(Nc3cc(C)ccc3C)ncn2)c1. The molecule has 0 atom stereocenters. The molecule has 122 valence electrons. The predicted molar refractivity (Wildman–Crippen MR) is 97.5 cm³/mol. The van der Waals surface area contributed by atoms with Crippen LogP contribution in [0.15, 0.2) is 54.9 Å². The maximum absolute atomic E-state index is 5.23. The van der Waals surface area contributed by atoms with Gasteiger partial charge in [-0.25, -0.2) is 9.97 Å². The second-order valence-electron chi connectivity index (χ2n) is 5.59. The van der Waals surface area contributed by atoms with E-state index in [1.54, 1.807) is 7.11 Å². The minimum absolute atomic E-state index is 0.714. The zero-order chi connectivity index (χ0) is 16.9. The Kier molecular flexibility index (Phi) is 4.61. The van der Waals surface area contributed by atoms with Crippen molar-refractivity contribution >= 4 is 23.0 Å². The molecule has 0 amide bonds. The van der Waals surface area contributed by atoms with Crippen molar-refractivity contribution in [1.82, 2.24) is 9.97 Å². The van der Waals surface area contributed by atoms with Crippen molar-refractivity contribution < 1.29 is 4.74 Å². The highest BCUT2D eigenvalue weighted by Crippen LogP contribution is 2.24. The Morgan fingerprint density at radius 1 is 0.875 bits per heavy atom. The number of nitrogens with zero attached hydrogens (tertiary/aromatic N) is 2. The van der Waals surface area contributed by atoms with Gasteiger partial charge in [0.25, 0.3) is 0 Å². The number of anilines is 4. The Labute approximate surface area is 141 Å². The van der Waals surface area contributed by atoms with Crippen molar-refractivity contribution in [2.75, 3.05) is 17.7 Å². The van der Waals surface area contributed by atoms with Crippen LogP contribution in [0, 0.1) is 13.8 Å². The summed E-state index contributed by atoms with van der Waals surface area (Å²) in [5.74, 6) is 2.25. The average molecular weight is 320 g/mol. The van der Waals surface area contributed by atoms with Gasteiger partial charge in [0, 0.05) is 23.5 Å². The first-order valence-electron chi connectivity index (χ1n) is 7.71. The number of rotatable bonds is 5. The van der Waals surface area contributed by atoms with Crippen LogP contribution in [-0.2, 0) is 0 Å². The van der Waals surface area contributed by atoms with Crippen LogP contribution >= 0.6 is 0 Å². The summed E-state index contributed by atoms with van der Waals surface area (Å²) in [6, 6.07) is 15.9. The van der Waals surface area contributed by atoms with Crippen molar-refractivity contribution in [3.8, 4) is 5.75 Å². The largest absolute Gasteiger partial charge is 0.497 e. The van der Waals surface area contributed by atoms with E-state index in [0.29, 0.717) is 5.82 Å². The number of hydrogen-bond acceptors (Lipinski definition) is 5. The molecule has 2 N–H and O–H groups in total. The van der Waals surface area contributed by atoms with Gasteiger partial charge in [-0.05, 0) is 43.2 Å². The summed E-state index contributed by atoms with van der Waals surface area (Å²) >= 11 is 0. The molecule has 0 fully saturated rings. The van der Waals surface area contributed by atoms with E-state index in [4.69, 9.17) is 4.74 Å². The molecule has 0 radical (unpaired) electrons. The summed E-state index contributed by atoms with van der Waals surface area (Å²) in [4.78, 5) is 8.56. The summed E-state index contributed by atoms with van der Waals surface area (Å²) < 4.78 is 5.23. The number of aromatic nitrogens is 2. The lowest BCUT2D eigenvalue weighted by molar-refractivity contribution is 0.415. The molecular weight excluding hydrogens is 300 g/mol. The Morgan fingerprint density at radius 3 is 2.46 bits per heavy atom. The summed E-state index contributed by atoms with van der Waals surface area (Å²) in [5.41, 5.74) is 4.32. The van der Waals surface area contributed by atoms with Gasteiger partial charge in [-0.2, -0.15) is 0 Å². The van der Waals surface area contributed by atoms with Crippen LogP contribution in [0.2, 0.25) is 0 Å². The minimum atomic E-state index is 0.714. The lowest BCUT2D eigenvalue weighted by Gasteiger charge is -2.11. The number of hydrogen-bond donors (Lipinski definition) is 2. The van der Waals surface area contributed by atoms with E-state index in [2.05, 4.69) is 52.6 Å². The van der Waals surface area contributed by atoms with Crippen molar-refractivity contribution in [2.45, 2.75) is 13.8 Å².